The van der Waals surface area contributed by atoms with Gasteiger partial charge < -0.3 is 10.1 Å². The van der Waals surface area contributed by atoms with Gasteiger partial charge in [-0.2, -0.15) is 0 Å². The Bertz CT molecular complexity index is 187. The van der Waals surface area contributed by atoms with Crippen molar-refractivity contribution in [1.29, 1.82) is 0 Å². The molecular weight excluding hydrogens is 198 g/mol. The average Bonchev–Trinajstić information content (AvgIpc) is 2.80. The molecule has 2 atom stereocenters. The molecule has 0 radical (unpaired) electrons. The summed E-state index contributed by atoms with van der Waals surface area (Å²) in [5.41, 5.74) is 0. The van der Waals surface area contributed by atoms with Crippen LogP contribution in [0.25, 0.3) is 0 Å². The van der Waals surface area contributed by atoms with Crippen LogP contribution in [0.5, 0.6) is 0 Å². The van der Waals surface area contributed by atoms with E-state index in [2.05, 4.69) is 12.2 Å². The van der Waals surface area contributed by atoms with Gasteiger partial charge in [-0.05, 0) is 51.0 Å². The number of rotatable bonds is 5. The van der Waals surface area contributed by atoms with Crippen molar-refractivity contribution in [3.05, 3.63) is 0 Å². The highest BCUT2D eigenvalue weighted by Gasteiger charge is 2.23. The van der Waals surface area contributed by atoms with Gasteiger partial charge in [0.15, 0.2) is 0 Å². The second kappa shape index (κ2) is 6.61. The second-order valence-corrected chi connectivity index (χ2v) is 5.53. The molecule has 2 unspecified atom stereocenters. The van der Waals surface area contributed by atoms with Gasteiger partial charge >= 0.3 is 0 Å². The smallest absolute Gasteiger partial charge is 0.0590 e. The van der Waals surface area contributed by atoms with E-state index in [4.69, 9.17) is 4.74 Å². The summed E-state index contributed by atoms with van der Waals surface area (Å²) in [4.78, 5) is 0. The highest BCUT2D eigenvalue weighted by atomic mass is 16.5. The lowest BCUT2D eigenvalue weighted by atomic mass is 9.92. The third-order valence-corrected chi connectivity index (χ3v) is 4.16. The van der Waals surface area contributed by atoms with Gasteiger partial charge in [-0.1, -0.05) is 19.8 Å². The quantitative estimate of drug-likeness (QED) is 0.776. The maximum Gasteiger partial charge on any atom is 0.0590 e. The van der Waals surface area contributed by atoms with Crippen LogP contribution in [0.2, 0.25) is 0 Å². The molecule has 0 amide bonds. The van der Waals surface area contributed by atoms with Crippen molar-refractivity contribution in [2.45, 2.75) is 70.4 Å². The summed E-state index contributed by atoms with van der Waals surface area (Å²) >= 11 is 0. The van der Waals surface area contributed by atoms with Gasteiger partial charge in [0.25, 0.3) is 0 Å². The number of ether oxygens (including phenoxy) is 1. The Balaban J connectivity index is 1.64. The van der Waals surface area contributed by atoms with Crippen molar-refractivity contribution in [1.82, 2.24) is 5.32 Å². The summed E-state index contributed by atoms with van der Waals surface area (Å²) in [6, 6.07) is 0.715. The van der Waals surface area contributed by atoms with Crippen LogP contribution in [0.15, 0.2) is 0 Å². The van der Waals surface area contributed by atoms with Crippen LogP contribution in [0.1, 0.15) is 58.3 Å². The predicted octanol–water partition coefficient (Wildman–Crippen LogP) is 3.11. The fraction of sp³-hybridized carbons (Fsp3) is 1.00. The first-order valence-electron chi connectivity index (χ1n) is 7.23. The molecule has 2 fully saturated rings. The second-order valence-electron chi connectivity index (χ2n) is 5.53. The van der Waals surface area contributed by atoms with E-state index in [1.165, 1.54) is 51.4 Å². The predicted molar refractivity (Wildman–Crippen MR) is 67.6 cm³/mol. The molecule has 94 valence electrons. The lowest BCUT2D eigenvalue weighted by molar-refractivity contribution is 0.00165. The summed E-state index contributed by atoms with van der Waals surface area (Å²) in [5.74, 6) is 0.875. The molecule has 1 N–H and O–H groups in total. The molecule has 2 rings (SSSR count). The van der Waals surface area contributed by atoms with E-state index < -0.39 is 0 Å². The van der Waals surface area contributed by atoms with Gasteiger partial charge in [0.2, 0.25) is 0 Å². The fourth-order valence-corrected chi connectivity index (χ4v) is 3.22. The van der Waals surface area contributed by atoms with Gasteiger partial charge in [0, 0.05) is 12.6 Å². The molecule has 2 saturated carbocycles. The average molecular weight is 225 g/mol. The Morgan fingerprint density at radius 3 is 2.62 bits per heavy atom. The van der Waals surface area contributed by atoms with E-state index in [9.17, 15) is 0 Å². The molecule has 0 aromatic carbocycles. The minimum atomic E-state index is 0.540. The van der Waals surface area contributed by atoms with Crippen molar-refractivity contribution in [3.63, 3.8) is 0 Å². The molecular formula is C14H27NO. The van der Waals surface area contributed by atoms with Crippen LogP contribution in [-0.2, 0) is 4.74 Å². The summed E-state index contributed by atoms with van der Waals surface area (Å²) < 4.78 is 6.10. The summed E-state index contributed by atoms with van der Waals surface area (Å²) in [6.07, 6.45) is 11.4. The minimum absolute atomic E-state index is 0.540. The lowest BCUT2D eigenvalue weighted by Gasteiger charge is -2.30. The van der Waals surface area contributed by atoms with E-state index in [0.29, 0.717) is 12.1 Å². The van der Waals surface area contributed by atoms with E-state index in [-0.39, 0.29) is 0 Å². The molecule has 0 heterocycles. The van der Waals surface area contributed by atoms with E-state index in [1.54, 1.807) is 0 Å². The standard InChI is InChI=1S/C14H27NO/c1-2-15-13-8-5-9-14(10-13)16-11-12-6-3-4-7-12/h12-15H,2-11H2,1H3. The highest BCUT2D eigenvalue weighted by Crippen LogP contribution is 2.27. The van der Waals surface area contributed by atoms with Crippen LogP contribution in [-0.4, -0.2) is 25.3 Å². The van der Waals surface area contributed by atoms with Crippen LogP contribution in [0.3, 0.4) is 0 Å². The summed E-state index contributed by atoms with van der Waals surface area (Å²) in [7, 11) is 0. The molecule has 0 aliphatic heterocycles. The van der Waals surface area contributed by atoms with Gasteiger partial charge in [0.1, 0.15) is 0 Å². The van der Waals surface area contributed by atoms with Crippen LogP contribution in [0.4, 0.5) is 0 Å². The zero-order chi connectivity index (χ0) is 11.2. The number of nitrogens with one attached hydrogen (secondary N) is 1. The molecule has 2 aliphatic carbocycles. The summed E-state index contributed by atoms with van der Waals surface area (Å²) in [6.45, 7) is 4.33. The fourth-order valence-electron chi connectivity index (χ4n) is 3.22. The Morgan fingerprint density at radius 1 is 1.06 bits per heavy atom. The zero-order valence-electron chi connectivity index (χ0n) is 10.7. The first kappa shape index (κ1) is 12.4. The third kappa shape index (κ3) is 3.74. The molecule has 2 aliphatic rings. The maximum atomic E-state index is 6.10. The maximum absolute atomic E-state index is 6.10. The Hall–Kier alpha value is -0.0800. The van der Waals surface area contributed by atoms with Crippen LogP contribution in [0, 0.1) is 5.92 Å². The SMILES string of the molecule is CCNC1CCCC(OCC2CCCC2)C1. The van der Waals surface area contributed by atoms with Gasteiger partial charge in [-0.3, -0.25) is 0 Å². The van der Waals surface area contributed by atoms with Crippen molar-refractivity contribution in [2.75, 3.05) is 13.2 Å². The normalized spacial score (nSPS) is 32.1. The molecule has 2 nitrogen and oxygen atoms in total. The van der Waals surface area contributed by atoms with E-state index in [0.717, 1.165) is 19.1 Å². The number of hydrogen-bond acceptors (Lipinski definition) is 2. The molecule has 0 aromatic rings. The first-order chi connectivity index (χ1) is 7.88. The topological polar surface area (TPSA) is 21.3 Å². The molecule has 0 spiro atoms. The highest BCUT2D eigenvalue weighted by molar-refractivity contribution is 4.78. The lowest BCUT2D eigenvalue weighted by Crippen LogP contribution is -2.37. The Labute approximate surface area is 100 Å². The van der Waals surface area contributed by atoms with E-state index >= 15 is 0 Å². The van der Waals surface area contributed by atoms with Crippen LogP contribution < -0.4 is 5.32 Å². The molecule has 0 aromatic heterocycles. The first-order valence-corrected chi connectivity index (χ1v) is 7.23. The third-order valence-electron chi connectivity index (χ3n) is 4.16. The van der Waals surface area contributed by atoms with Gasteiger partial charge in [0.05, 0.1) is 6.10 Å². The molecule has 0 saturated heterocycles. The van der Waals surface area contributed by atoms with Gasteiger partial charge in [-0.15, -0.1) is 0 Å². The monoisotopic (exact) mass is 225 g/mol. The van der Waals surface area contributed by atoms with E-state index in [1.807, 2.05) is 0 Å². The van der Waals surface area contributed by atoms with Crippen molar-refractivity contribution < 1.29 is 4.74 Å². The van der Waals surface area contributed by atoms with Gasteiger partial charge in [-0.25, -0.2) is 0 Å². The molecule has 2 heteroatoms. The zero-order valence-corrected chi connectivity index (χ0v) is 10.7. The Morgan fingerprint density at radius 2 is 1.88 bits per heavy atom. The molecule has 0 bridgehead atoms. The van der Waals surface area contributed by atoms with Crippen LogP contribution >= 0.6 is 0 Å². The largest absolute Gasteiger partial charge is 0.378 e. The Kier molecular flexibility index (Phi) is 5.11. The summed E-state index contributed by atoms with van der Waals surface area (Å²) in [5, 5.41) is 3.56. The minimum Gasteiger partial charge on any atom is -0.378 e. The van der Waals surface area contributed by atoms with Crippen molar-refractivity contribution in [3.8, 4) is 0 Å². The molecule has 16 heavy (non-hydrogen) atoms. The van der Waals surface area contributed by atoms with Crippen molar-refractivity contribution in [2.24, 2.45) is 5.92 Å². The van der Waals surface area contributed by atoms with Crippen molar-refractivity contribution >= 4 is 0 Å². The number of hydrogen-bond donors (Lipinski definition) is 1.